The van der Waals surface area contributed by atoms with Crippen molar-refractivity contribution in [1.82, 2.24) is 0 Å². The lowest BCUT2D eigenvalue weighted by Crippen LogP contribution is -1.97. The summed E-state index contributed by atoms with van der Waals surface area (Å²) in [5.74, 6) is 0.708. The summed E-state index contributed by atoms with van der Waals surface area (Å²) < 4.78 is 10.3. The summed E-state index contributed by atoms with van der Waals surface area (Å²) in [7, 11) is 0. The predicted octanol–water partition coefficient (Wildman–Crippen LogP) is 2.68. The fourth-order valence-electron chi connectivity index (χ4n) is 2.04. The van der Waals surface area contributed by atoms with Gasteiger partial charge >= 0.3 is 0 Å². The monoisotopic (exact) mass is 330 g/mol. The fraction of sp³-hybridized carbons (Fsp3) is 0.0714. The van der Waals surface area contributed by atoms with Crippen LogP contribution in [0.25, 0.3) is 0 Å². The zero-order valence-corrected chi connectivity index (χ0v) is 12.0. The summed E-state index contributed by atoms with van der Waals surface area (Å²) in [6.45, 7) is 0.00806. The van der Waals surface area contributed by atoms with Crippen LogP contribution in [-0.2, 0) is 0 Å². The molecule has 0 bridgehead atoms. The summed E-state index contributed by atoms with van der Waals surface area (Å²) in [5.41, 5.74) is 3.16. The maximum Gasteiger partial charge on any atom is 0.282 e. The van der Waals surface area contributed by atoms with Crippen LogP contribution in [0.4, 0.5) is 17.1 Å². The largest absolute Gasteiger partial charge is 0.454 e. The van der Waals surface area contributed by atoms with E-state index in [0.29, 0.717) is 17.2 Å². The standard InChI is InChI=1S/C14H10N4O6/c19-17(20)11-3-1-10(2-4-11)16-15-7-9-5-13-14(24-8-23-13)6-12(9)18(21)22/h1-7,16H,8H2/b15-7-. The number of ether oxygens (including phenoxy) is 2. The van der Waals surface area contributed by atoms with Gasteiger partial charge in [0, 0.05) is 12.1 Å². The first-order valence-electron chi connectivity index (χ1n) is 6.66. The Morgan fingerprint density at radius 1 is 1.04 bits per heavy atom. The van der Waals surface area contributed by atoms with E-state index in [1.165, 1.54) is 42.6 Å². The van der Waals surface area contributed by atoms with E-state index in [-0.39, 0.29) is 23.7 Å². The van der Waals surface area contributed by atoms with Crippen LogP contribution in [0.1, 0.15) is 5.56 Å². The van der Waals surface area contributed by atoms with Crippen molar-refractivity contribution >= 4 is 23.3 Å². The third kappa shape index (κ3) is 3.06. The number of hydrazone groups is 1. The molecule has 122 valence electrons. The Bertz CT molecular complexity index is 834. The zero-order valence-electron chi connectivity index (χ0n) is 12.0. The second-order valence-corrected chi connectivity index (χ2v) is 4.70. The lowest BCUT2D eigenvalue weighted by atomic mass is 10.1. The molecule has 0 saturated carbocycles. The summed E-state index contributed by atoms with van der Waals surface area (Å²) in [6.07, 6.45) is 1.27. The lowest BCUT2D eigenvalue weighted by molar-refractivity contribution is -0.385. The molecule has 0 atom stereocenters. The quantitative estimate of drug-likeness (QED) is 0.506. The summed E-state index contributed by atoms with van der Waals surface area (Å²) >= 11 is 0. The van der Waals surface area contributed by atoms with Gasteiger partial charge in [0.15, 0.2) is 11.5 Å². The van der Waals surface area contributed by atoms with E-state index in [2.05, 4.69) is 10.5 Å². The van der Waals surface area contributed by atoms with Gasteiger partial charge in [-0.1, -0.05) is 0 Å². The van der Waals surface area contributed by atoms with Crippen LogP contribution in [0.15, 0.2) is 41.5 Å². The minimum absolute atomic E-state index is 0.00806. The van der Waals surface area contributed by atoms with E-state index in [0.717, 1.165) is 0 Å². The molecule has 10 nitrogen and oxygen atoms in total. The Labute approximate surface area is 134 Å². The van der Waals surface area contributed by atoms with Gasteiger partial charge in [0.25, 0.3) is 11.4 Å². The number of non-ortho nitro benzene ring substituents is 1. The zero-order chi connectivity index (χ0) is 17.1. The van der Waals surface area contributed by atoms with Crippen molar-refractivity contribution in [3.8, 4) is 11.5 Å². The van der Waals surface area contributed by atoms with Crippen molar-refractivity contribution in [2.24, 2.45) is 5.10 Å². The van der Waals surface area contributed by atoms with E-state index in [1.54, 1.807) is 0 Å². The van der Waals surface area contributed by atoms with Crippen molar-refractivity contribution in [3.05, 3.63) is 62.2 Å². The SMILES string of the molecule is O=[N+]([O-])c1ccc(N/N=C\c2cc3c(cc2[N+](=O)[O-])OCO3)cc1. The molecule has 0 aliphatic carbocycles. The number of anilines is 1. The first-order valence-corrected chi connectivity index (χ1v) is 6.66. The fourth-order valence-corrected chi connectivity index (χ4v) is 2.04. The van der Waals surface area contributed by atoms with Gasteiger partial charge in [-0.3, -0.25) is 25.7 Å². The van der Waals surface area contributed by atoms with Gasteiger partial charge in [0.05, 0.1) is 33.4 Å². The lowest BCUT2D eigenvalue weighted by Gasteiger charge is -2.02. The van der Waals surface area contributed by atoms with Crippen LogP contribution in [0.2, 0.25) is 0 Å². The number of nitro benzene ring substituents is 2. The van der Waals surface area contributed by atoms with Crippen LogP contribution in [0, 0.1) is 20.2 Å². The Morgan fingerprint density at radius 2 is 1.71 bits per heavy atom. The van der Waals surface area contributed by atoms with Crippen LogP contribution < -0.4 is 14.9 Å². The third-order valence-electron chi connectivity index (χ3n) is 3.19. The first-order chi connectivity index (χ1) is 11.5. The molecule has 2 aromatic carbocycles. The number of rotatable bonds is 5. The average Bonchev–Trinajstić information content (AvgIpc) is 3.01. The predicted molar refractivity (Wildman–Crippen MR) is 83.5 cm³/mol. The van der Waals surface area contributed by atoms with Crippen LogP contribution in [0.5, 0.6) is 11.5 Å². The van der Waals surface area contributed by atoms with Crippen LogP contribution >= 0.6 is 0 Å². The Kier molecular flexibility index (Phi) is 3.93. The highest BCUT2D eigenvalue weighted by molar-refractivity contribution is 5.87. The second-order valence-electron chi connectivity index (χ2n) is 4.70. The van der Waals surface area contributed by atoms with Crippen molar-refractivity contribution in [3.63, 3.8) is 0 Å². The molecule has 0 radical (unpaired) electrons. The molecule has 1 heterocycles. The number of benzene rings is 2. The van der Waals surface area contributed by atoms with Gasteiger partial charge < -0.3 is 9.47 Å². The second kappa shape index (κ2) is 6.20. The smallest absolute Gasteiger partial charge is 0.282 e. The van der Waals surface area contributed by atoms with Crippen LogP contribution in [0.3, 0.4) is 0 Å². The molecule has 1 aliphatic rings. The van der Waals surface area contributed by atoms with Gasteiger partial charge in [-0.25, -0.2) is 0 Å². The highest BCUT2D eigenvalue weighted by Crippen LogP contribution is 2.37. The topological polar surface area (TPSA) is 129 Å². The molecule has 0 aromatic heterocycles. The minimum Gasteiger partial charge on any atom is -0.454 e. The number of fused-ring (bicyclic) bond motifs is 1. The van der Waals surface area contributed by atoms with Gasteiger partial charge in [0.2, 0.25) is 6.79 Å². The summed E-state index contributed by atoms with van der Waals surface area (Å²) in [5, 5.41) is 25.6. The maximum atomic E-state index is 11.1. The van der Waals surface area contributed by atoms with Gasteiger partial charge in [-0.2, -0.15) is 5.10 Å². The number of nitrogens with zero attached hydrogens (tertiary/aromatic N) is 3. The van der Waals surface area contributed by atoms with E-state index < -0.39 is 9.85 Å². The molecule has 1 aliphatic heterocycles. The Hall–Kier alpha value is -3.69. The van der Waals surface area contributed by atoms with E-state index in [9.17, 15) is 20.2 Å². The number of hydrogen-bond donors (Lipinski definition) is 1. The molecule has 1 N–H and O–H groups in total. The third-order valence-corrected chi connectivity index (χ3v) is 3.19. The number of nitro groups is 2. The van der Waals surface area contributed by atoms with E-state index >= 15 is 0 Å². The summed E-state index contributed by atoms with van der Waals surface area (Å²) in [6, 6.07) is 8.33. The van der Waals surface area contributed by atoms with Crippen molar-refractivity contribution in [1.29, 1.82) is 0 Å². The molecule has 0 saturated heterocycles. The first kappa shape index (κ1) is 15.2. The Morgan fingerprint density at radius 3 is 2.33 bits per heavy atom. The summed E-state index contributed by atoms with van der Waals surface area (Å²) in [4.78, 5) is 20.6. The van der Waals surface area contributed by atoms with Crippen molar-refractivity contribution < 1.29 is 19.3 Å². The van der Waals surface area contributed by atoms with Crippen molar-refractivity contribution in [2.75, 3.05) is 12.2 Å². The molecule has 0 amide bonds. The number of nitrogens with one attached hydrogen (secondary N) is 1. The van der Waals surface area contributed by atoms with E-state index in [1.807, 2.05) is 0 Å². The maximum absolute atomic E-state index is 11.1. The Balaban J connectivity index is 1.79. The molecule has 0 unspecified atom stereocenters. The highest BCUT2D eigenvalue weighted by Gasteiger charge is 2.22. The molecule has 24 heavy (non-hydrogen) atoms. The molecular weight excluding hydrogens is 320 g/mol. The molecule has 0 fully saturated rings. The molecule has 2 aromatic rings. The molecular formula is C14H10N4O6. The van der Waals surface area contributed by atoms with Crippen molar-refractivity contribution in [2.45, 2.75) is 0 Å². The number of hydrogen-bond acceptors (Lipinski definition) is 8. The van der Waals surface area contributed by atoms with Crippen LogP contribution in [-0.4, -0.2) is 22.9 Å². The van der Waals surface area contributed by atoms with Gasteiger partial charge in [0.1, 0.15) is 0 Å². The average molecular weight is 330 g/mol. The molecule has 3 rings (SSSR count). The van der Waals surface area contributed by atoms with Gasteiger partial charge in [-0.05, 0) is 18.2 Å². The minimum atomic E-state index is -0.546. The highest BCUT2D eigenvalue weighted by atomic mass is 16.7. The van der Waals surface area contributed by atoms with Gasteiger partial charge in [-0.15, -0.1) is 0 Å². The molecule has 10 heteroatoms. The normalized spacial score (nSPS) is 12.3. The molecule has 0 spiro atoms. The van der Waals surface area contributed by atoms with E-state index in [4.69, 9.17) is 9.47 Å².